The molecule has 0 unspecified atom stereocenters. The van der Waals surface area contributed by atoms with E-state index in [0.29, 0.717) is 5.56 Å². The van der Waals surface area contributed by atoms with Gasteiger partial charge in [-0.3, -0.25) is 24.7 Å². The number of benzene rings is 1. The number of carbonyl (C=O) groups is 3. The van der Waals surface area contributed by atoms with E-state index in [4.69, 9.17) is 4.74 Å². The summed E-state index contributed by atoms with van der Waals surface area (Å²) in [4.78, 5) is 50.5. The number of rotatable bonds is 9. The molecule has 0 fully saturated rings. The largest absolute Gasteiger partial charge is 0.480 e. The van der Waals surface area contributed by atoms with Gasteiger partial charge < -0.3 is 15.2 Å². The number of non-ortho nitro benzene ring substituents is 1. The number of nitro benzene ring substituents is 1. The van der Waals surface area contributed by atoms with Crippen LogP contribution in [0.1, 0.15) is 35.3 Å². The quantitative estimate of drug-likeness (QED) is 0.368. The molecule has 0 aliphatic heterocycles. The van der Waals surface area contributed by atoms with Crippen molar-refractivity contribution in [2.24, 2.45) is 0 Å². The number of pyridine rings is 1. The van der Waals surface area contributed by atoms with Gasteiger partial charge in [-0.1, -0.05) is 18.2 Å². The van der Waals surface area contributed by atoms with Crippen LogP contribution in [0.3, 0.4) is 0 Å². The summed E-state index contributed by atoms with van der Waals surface area (Å²) in [7, 11) is 0. The van der Waals surface area contributed by atoms with Crippen molar-refractivity contribution < 1.29 is 29.2 Å². The normalized spacial score (nSPS) is 12.4. The van der Waals surface area contributed by atoms with E-state index >= 15 is 0 Å². The van der Waals surface area contributed by atoms with Crippen LogP contribution < -0.4 is 5.32 Å². The number of carbonyl (C=O) groups excluding carboxylic acids is 2. The third-order valence-corrected chi connectivity index (χ3v) is 4.08. The number of hydrogen-bond acceptors (Lipinski definition) is 7. The minimum Gasteiger partial charge on any atom is -0.480 e. The zero-order valence-electron chi connectivity index (χ0n) is 15.5. The summed E-state index contributed by atoms with van der Waals surface area (Å²) in [5.74, 6) is -3.77. The summed E-state index contributed by atoms with van der Waals surface area (Å²) in [6, 6.07) is 8.21. The Morgan fingerprint density at radius 1 is 1.21 bits per heavy atom. The van der Waals surface area contributed by atoms with E-state index in [-0.39, 0.29) is 24.4 Å². The molecular formula is C19H19N3O7. The van der Waals surface area contributed by atoms with Gasteiger partial charge in [0.2, 0.25) is 0 Å². The van der Waals surface area contributed by atoms with Gasteiger partial charge in [-0.2, -0.15) is 0 Å². The molecule has 0 saturated carbocycles. The molecule has 2 N–H and O–H groups in total. The maximum atomic E-state index is 12.4. The second-order valence-corrected chi connectivity index (χ2v) is 5.97. The molecule has 0 saturated heterocycles. The molecule has 0 spiro atoms. The number of aromatic nitrogens is 1. The number of carboxylic acids is 1. The Labute approximate surface area is 165 Å². The molecule has 0 radical (unpaired) electrons. The summed E-state index contributed by atoms with van der Waals surface area (Å²) in [5.41, 5.74) is 0.155. The van der Waals surface area contributed by atoms with Gasteiger partial charge >= 0.3 is 11.9 Å². The summed E-state index contributed by atoms with van der Waals surface area (Å²) < 4.78 is 4.91. The topological polar surface area (TPSA) is 149 Å². The van der Waals surface area contributed by atoms with E-state index in [9.17, 15) is 29.6 Å². The number of nitro groups is 1. The highest BCUT2D eigenvalue weighted by molar-refractivity contribution is 5.95. The Hall–Kier alpha value is -3.82. The smallest absolute Gasteiger partial charge is 0.326 e. The standard InChI is InChI=1S/C19H19N3O7/c1-2-29-16(23)11-14(12-6-8-13(9-7-12)22(27)28)17(19(25)26)21-18(24)15-5-3-4-10-20-15/h3-10,14,17H,2,11H2,1H3,(H,21,24)(H,25,26)/t14-,17+/m1/s1. The second-order valence-electron chi connectivity index (χ2n) is 5.97. The lowest BCUT2D eigenvalue weighted by Gasteiger charge is -2.24. The van der Waals surface area contributed by atoms with Crippen LogP contribution in [0.4, 0.5) is 5.69 Å². The van der Waals surface area contributed by atoms with E-state index in [1.165, 1.54) is 36.5 Å². The molecular weight excluding hydrogens is 382 g/mol. The summed E-state index contributed by atoms with van der Waals surface area (Å²) in [6.45, 7) is 1.71. The second kappa shape index (κ2) is 9.93. The highest BCUT2D eigenvalue weighted by atomic mass is 16.6. The highest BCUT2D eigenvalue weighted by Crippen LogP contribution is 2.27. The first-order valence-corrected chi connectivity index (χ1v) is 8.68. The third-order valence-electron chi connectivity index (χ3n) is 4.08. The van der Waals surface area contributed by atoms with Crippen LogP contribution in [0.2, 0.25) is 0 Å². The van der Waals surface area contributed by atoms with Crippen molar-refractivity contribution in [3.63, 3.8) is 0 Å². The molecule has 2 aromatic rings. The number of ether oxygens (including phenoxy) is 1. The molecule has 1 aromatic heterocycles. The summed E-state index contributed by atoms with van der Waals surface area (Å²) in [5, 5.41) is 22.9. The fourth-order valence-corrected chi connectivity index (χ4v) is 2.72. The Bertz CT molecular complexity index is 884. The molecule has 0 aliphatic rings. The number of nitrogens with zero attached hydrogens (tertiary/aromatic N) is 2. The van der Waals surface area contributed by atoms with Crippen molar-refractivity contribution in [1.29, 1.82) is 0 Å². The average molecular weight is 401 g/mol. The van der Waals surface area contributed by atoms with Crippen molar-refractivity contribution in [2.45, 2.75) is 25.3 Å². The van der Waals surface area contributed by atoms with Crippen LogP contribution in [0, 0.1) is 10.1 Å². The third kappa shape index (κ3) is 5.83. The molecule has 10 nitrogen and oxygen atoms in total. The number of amides is 1. The van der Waals surface area contributed by atoms with Gasteiger partial charge in [-0.25, -0.2) is 4.79 Å². The predicted molar refractivity (Wildman–Crippen MR) is 100 cm³/mol. The van der Waals surface area contributed by atoms with Gasteiger partial charge in [-0.15, -0.1) is 0 Å². The van der Waals surface area contributed by atoms with E-state index in [0.717, 1.165) is 0 Å². The summed E-state index contributed by atoms with van der Waals surface area (Å²) >= 11 is 0. The van der Waals surface area contributed by atoms with Crippen LogP contribution in [-0.2, 0) is 14.3 Å². The van der Waals surface area contributed by atoms with Crippen molar-refractivity contribution >= 4 is 23.5 Å². The van der Waals surface area contributed by atoms with Crippen LogP contribution >= 0.6 is 0 Å². The molecule has 0 aliphatic carbocycles. The van der Waals surface area contributed by atoms with Crippen LogP contribution in [-0.4, -0.2) is 45.5 Å². The molecule has 2 rings (SSSR count). The van der Waals surface area contributed by atoms with Crippen molar-refractivity contribution in [3.05, 3.63) is 70.0 Å². The minimum atomic E-state index is -1.49. The van der Waals surface area contributed by atoms with E-state index in [2.05, 4.69) is 10.3 Å². The van der Waals surface area contributed by atoms with Crippen LogP contribution in [0.15, 0.2) is 48.7 Å². The van der Waals surface area contributed by atoms with Crippen LogP contribution in [0.5, 0.6) is 0 Å². The fourth-order valence-electron chi connectivity index (χ4n) is 2.72. The molecule has 1 aromatic carbocycles. The monoisotopic (exact) mass is 401 g/mol. The van der Waals surface area contributed by atoms with Crippen LogP contribution in [0.25, 0.3) is 0 Å². The number of hydrogen-bond donors (Lipinski definition) is 2. The molecule has 1 heterocycles. The Morgan fingerprint density at radius 3 is 2.41 bits per heavy atom. The zero-order chi connectivity index (χ0) is 21.4. The van der Waals surface area contributed by atoms with Gasteiger partial charge in [-0.05, 0) is 24.6 Å². The predicted octanol–water partition coefficient (Wildman–Crippen LogP) is 1.91. The Kier molecular flexibility index (Phi) is 7.35. The first kappa shape index (κ1) is 21.5. The lowest BCUT2D eigenvalue weighted by atomic mass is 9.88. The SMILES string of the molecule is CCOC(=O)C[C@H](c1ccc([N+](=O)[O-])cc1)[C@H](NC(=O)c1ccccn1)C(=O)O. The van der Waals surface area contributed by atoms with Gasteiger partial charge in [0.25, 0.3) is 11.6 Å². The lowest BCUT2D eigenvalue weighted by Crippen LogP contribution is -2.45. The molecule has 1 amide bonds. The Balaban J connectivity index is 2.36. The molecule has 10 heteroatoms. The summed E-state index contributed by atoms with van der Waals surface area (Å²) in [6.07, 6.45) is 1.04. The van der Waals surface area contributed by atoms with Gasteiger partial charge in [0, 0.05) is 24.2 Å². The van der Waals surface area contributed by atoms with Gasteiger partial charge in [0.05, 0.1) is 18.0 Å². The van der Waals surface area contributed by atoms with Crippen molar-refractivity contribution in [1.82, 2.24) is 10.3 Å². The number of carboxylic acid groups (broad SMARTS) is 1. The minimum absolute atomic E-state index is 0.0114. The Morgan fingerprint density at radius 2 is 1.90 bits per heavy atom. The van der Waals surface area contributed by atoms with E-state index in [1.807, 2.05) is 0 Å². The van der Waals surface area contributed by atoms with Crippen molar-refractivity contribution in [2.75, 3.05) is 6.61 Å². The van der Waals surface area contributed by atoms with E-state index in [1.54, 1.807) is 19.1 Å². The first-order chi connectivity index (χ1) is 13.8. The average Bonchev–Trinajstić information content (AvgIpc) is 2.71. The molecule has 152 valence electrons. The van der Waals surface area contributed by atoms with E-state index < -0.39 is 34.7 Å². The number of aliphatic carboxylic acids is 1. The number of nitrogens with one attached hydrogen (secondary N) is 1. The molecule has 0 bridgehead atoms. The maximum Gasteiger partial charge on any atom is 0.326 e. The highest BCUT2D eigenvalue weighted by Gasteiger charge is 2.34. The maximum absolute atomic E-state index is 12.4. The van der Waals surface area contributed by atoms with Gasteiger partial charge in [0.1, 0.15) is 11.7 Å². The number of esters is 1. The fraction of sp³-hybridized carbons (Fsp3) is 0.263. The first-order valence-electron chi connectivity index (χ1n) is 8.68. The molecule has 29 heavy (non-hydrogen) atoms. The van der Waals surface area contributed by atoms with Crippen molar-refractivity contribution in [3.8, 4) is 0 Å². The zero-order valence-corrected chi connectivity index (χ0v) is 15.5. The molecule has 2 atom stereocenters. The lowest BCUT2D eigenvalue weighted by molar-refractivity contribution is -0.384. The van der Waals surface area contributed by atoms with Gasteiger partial charge in [0.15, 0.2) is 0 Å².